The van der Waals surface area contributed by atoms with Gasteiger partial charge in [0.25, 0.3) is 0 Å². The largest absolute Gasteiger partial charge is 0.481 e. The summed E-state index contributed by atoms with van der Waals surface area (Å²) >= 11 is 1.48. The van der Waals surface area contributed by atoms with Crippen molar-refractivity contribution in [3.63, 3.8) is 0 Å². The summed E-state index contributed by atoms with van der Waals surface area (Å²) < 4.78 is 5.07. The molecule has 2 heterocycles. The van der Waals surface area contributed by atoms with E-state index < -0.39 is 5.97 Å². The van der Waals surface area contributed by atoms with Gasteiger partial charge in [0.2, 0.25) is 5.91 Å². The zero-order chi connectivity index (χ0) is 19.1. The molecule has 0 spiro atoms. The van der Waals surface area contributed by atoms with Crippen molar-refractivity contribution < 1.29 is 19.1 Å². The number of furan rings is 1. The van der Waals surface area contributed by atoms with Crippen molar-refractivity contribution in [2.24, 2.45) is 5.92 Å². The van der Waals surface area contributed by atoms with E-state index in [9.17, 15) is 9.59 Å². The van der Waals surface area contributed by atoms with Crippen molar-refractivity contribution in [1.29, 1.82) is 0 Å². The molecule has 0 bridgehead atoms. The molecule has 3 rings (SSSR count). The number of carboxylic acids is 1. The third kappa shape index (κ3) is 6.20. The van der Waals surface area contributed by atoms with E-state index in [0.29, 0.717) is 12.3 Å². The predicted molar refractivity (Wildman–Crippen MR) is 104 cm³/mol. The van der Waals surface area contributed by atoms with Crippen LogP contribution in [0.15, 0.2) is 28.4 Å². The Morgan fingerprint density at radius 2 is 2.15 bits per heavy atom. The molecule has 1 fully saturated rings. The number of aromatic nitrogens is 1. The molecule has 0 saturated heterocycles. The first-order valence-corrected chi connectivity index (χ1v) is 10.5. The van der Waals surface area contributed by atoms with Gasteiger partial charge < -0.3 is 14.8 Å². The minimum absolute atomic E-state index is 0.0799. The molecule has 2 aromatic heterocycles. The maximum atomic E-state index is 12.5. The van der Waals surface area contributed by atoms with Crippen LogP contribution >= 0.6 is 11.3 Å². The summed E-state index contributed by atoms with van der Waals surface area (Å²) in [6.45, 7) is 0. The van der Waals surface area contributed by atoms with E-state index in [1.165, 1.54) is 43.4 Å². The van der Waals surface area contributed by atoms with E-state index in [4.69, 9.17) is 9.52 Å². The molecule has 0 aromatic carbocycles. The fraction of sp³-hybridized carbons (Fsp3) is 0.550. The monoisotopic (exact) mass is 390 g/mol. The van der Waals surface area contributed by atoms with Crippen LogP contribution in [0.1, 0.15) is 57.1 Å². The van der Waals surface area contributed by atoms with Crippen LogP contribution < -0.4 is 5.32 Å². The number of rotatable bonds is 9. The van der Waals surface area contributed by atoms with Crippen LogP contribution in [0, 0.1) is 5.92 Å². The van der Waals surface area contributed by atoms with Gasteiger partial charge >= 0.3 is 5.97 Å². The Labute approximate surface area is 163 Å². The zero-order valence-electron chi connectivity index (χ0n) is 15.4. The van der Waals surface area contributed by atoms with Crippen molar-refractivity contribution in [1.82, 2.24) is 10.3 Å². The van der Waals surface area contributed by atoms with Gasteiger partial charge in [0.15, 0.2) is 0 Å². The molecule has 6 nitrogen and oxygen atoms in total. The standard InChI is InChI=1S/C20H26N2O4S/c23-18(11-17-13-27-20(22-17)15-8-9-26-12-15)21-16(6-7-19(24)25)10-14-4-2-1-3-5-14/h8-9,12-14,16H,1-7,10-11H2,(H,21,23)(H,24,25). The van der Waals surface area contributed by atoms with Gasteiger partial charge in [-0.3, -0.25) is 9.59 Å². The molecule has 7 heteroatoms. The molecular weight excluding hydrogens is 364 g/mol. The number of nitrogens with zero attached hydrogens (tertiary/aromatic N) is 1. The SMILES string of the molecule is O=C(O)CCC(CC1CCCCC1)NC(=O)Cc1csc(-c2ccoc2)n1. The molecule has 1 aliphatic rings. The Bertz CT molecular complexity index is 735. The van der Waals surface area contributed by atoms with Crippen molar-refractivity contribution in [3.05, 3.63) is 29.7 Å². The number of nitrogens with one attached hydrogen (secondary N) is 1. The quantitative estimate of drug-likeness (QED) is 0.667. The van der Waals surface area contributed by atoms with Crippen LogP contribution in [0.3, 0.4) is 0 Å². The number of amides is 1. The lowest BCUT2D eigenvalue weighted by atomic mass is 9.84. The van der Waals surface area contributed by atoms with Gasteiger partial charge in [0.1, 0.15) is 11.3 Å². The van der Waals surface area contributed by atoms with Crippen LogP contribution in [-0.4, -0.2) is 28.0 Å². The van der Waals surface area contributed by atoms with Crippen LogP contribution in [0.4, 0.5) is 0 Å². The third-order valence-corrected chi connectivity index (χ3v) is 6.02. The van der Waals surface area contributed by atoms with Crippen molar-refractivity contribution >= 4 is 23.2 Å². The van der Waals surface area contributed by atoms with E-state index >= 15 is 0 Å². The topological polar surface area (TPSA) is 92.4 Å². The first-order valence-electron chi connectivity index (χ1n) is 9.58. The second-order valence-electron chi connectivity index (χ2n) is 7.27. The van der Waals surface area contributed by atoms with Crippen molar-refractivity contribution in [3.8, 4) is 10.6 Å². The average Bonchev–Trinajstić information content (AvgIpc) is 3.32. The number of thiazole rings is 1. The Morgan fingerprint density at radius 1 is 1.33 bits per heavy atom. The van der Waals surface area contributed by atoms with Gasteiger partial charge in [-0.15, -0.1) is 11.3 Å². The highest BCUT2D eigenvalue weighted by Crippen LogP contribution is 2.28. The predicted octanol–water partition coefficient (Wildman–Crippen LogP) is 4.27. The second kappa shape index (κ2) is 9.69. The van der Waals surface area contributed by atoms with Gasteiger partial charge in [-0.2, -0.15) is 0 Å². The average molecular weight is 391 g/mol. The minimum Gasteiger partial charge on any atom is -0.481 e. The van der Waals surface area contributed by atoms with Gasteiger partial charge in [0.05, 0.1) is 18.4 Å². The van der Waals surface area contributed by atoms with Gasteiger partial charge in [-0.1, -0.05) is 32.1 Å². The molecule has 1 unspecified atom stereocenters. The Kier molecular flexibility index (Phi) is 7.04. The second-order valence-corrected chi connectivity index (χ2v) is 8.13. The smallest absolute Gasteiger partial charge is 0.303 e. The number of carboxylic acid groups (broad SMARTS) is 1. The van der Waals surface area contributed by atoms with E-state index in [1.54, 1.807) is 12.5 Å². The molecule has 0 radical (unpaired) electrons. The van der Waals surface area contributed by atoms with Gasteiger partial charge in [0, 0.05) is 23.4 Å². The number of hydrogen-bond donors (Lipinski definition) is 2. The number of carbonyl (C=O) groups excluding carboxylic acids is 1. The molecule has 1 aliphatic carbocycles. The maximum Gasteiger partial charge on any atom is 0.303 e. The summed E-state index contributed by atoms with van der Waals surface area (Å²) in [6, 6.07) is 1.76. The zero-order valence-corrected chi connectivity index (χ0v) is 16.2. The summed E-state index contributed by atoms with van der Waals surface area (Å²) in [5.41, 5.74) is 1.63. The van der Waals surface area contributed by atoms with Gasteiger partial charge in [-0.25, -0.2) is 4.98 Å². The summed E-state index contributed by atoms with van der Waals surface area (Å²) in [5.74, 6) is -0.322. The fourth-order valence-corrected chi connectivity index (χ4v) is 4.53. The summed E-state index contributed by atoms with van der Waals surface area (Å²) in [4.78, 5) is 27.9. The number of hydrogen-bond acceptors (Lipinski definition) is 5. The molecule has 2 aromatic rings. The third-order valence-electron chi connectivity index (χ3n) is 5.08. The lowest BCUT2D eigenvalue weighted by Gasteiger charge is -2.27. The van der Waals surface area contributed by atoms with Crippen LogP contribution in [0.2, 0.25) is 0 Å². The highest BCUT2D eigenvalue weighted by atomic mass is 32.1. The Morgan fingerprint density at radius 3 is 2.85 bits per heavy atom. The highest BCUT2D eigenvalue weighted by molar-refractivity contribution is 7.13. The lowest BCUT2D eigenvalue weighted by Crippen LogP contribution is -2.38. The first kappa shape index (κ1) is 19.6. The number of carbonyl (C=O) groups is 2. The molecule has 146 valence electrons. The van der Waals surface area contributed by atoms with E-state index in [2.05, 4.69) is 10.3 Å². The minimum atomic E-state index is -0.817. The number of aliphatic carboxylic acids is 1. The Balaban J connectivity index is 1.55. The van der Waals surface area contributed by atoms with Crippen LogP contribution in [-0.2, 0) is 16.0 Å². The summed E-state index contributed by atoms with van der Waals surface area (Å²) in [6.07, 6.45) is 11.0. The maximum absolute atomic E-state index is 12.5. The molecule has 2 N–H and O–H groups in total. The van der Waals surface area contributed by atoms with Crippen LogP contribution in [0.25, 0.3) is 10.6 Å². The van der Waals surface area contributed by atoms with Gasteiger partial charge in [-0.05, 0) is 24.8 Å². The molecule has 0 aliphatic heterocycles. The molecule has 1 amide bonds. The fourth-order valence-electron chi connectivity index (χ4n) is 3.72. The lowest BCUT2D eigenvalue weighted by molar-refractivity contribution is -0.137. The van der Waals surface area contributed by atoms with Crippen molar-refractivity contribution in [2.45, 2.75) is 63.8 Å². The van der Waals surface area contributed by atoms with E-state index in [0.717, 1.165) is 22.7 Å². The van der Waals surface area contributed by atoms with Crippen LogP contribution in [0.5, 0.6) is 0 Å². The highest BCUT2D eigenvalue weighted by Gasteiger charge is 2.21. The Hall–Kier alpha value is -2.15. The molecule has 1 saturated carbocycles. The van der Waals surface area contributed by atoms with E-state index in [1.807, 2.05) is 11.4 Å². The van der Waals surface area contributed by atoms with Crippen molar-refractivity contribution in [2.75, 3.05) is 0 Å². The summed E-state index contributed by atoms with van der Waals surface area (Å²) in [5, 5.41) is 14.8. The summed E-state index contributed by atoms with van der Waals surface area (Å²) in [7, 11) is 0. The van der Waals surface area contributed by atoms with E-state index in [-0.39, 0.29) is 24.8 Å². The molecule has 1 atom stereocenters. The first-order chi connectivity index (χ1) is 13.1. The normalized spacial score (nSPS) is 16.1. The molecular formula is C20H26N2O4S. The molecule has 27 heavy (non-hydrogen) atoms.